The van der Waals surface area contributed by atoms with Gasteiger partial charge in [-0.25, -0.2) is 0 Å². The van der Waals surface area contributed by atoms with Gasteiger partial charge in [0, 0.05) is 16.0 Å². The van der Waals surface area contributed by atoms with E-state index in [9.17, 15) is 4.79 Å². The first-order chi connectivity index (χ1) is 6.00. The van der Waals surface area contributed by atoms with Gasteiger partial charge in [0.05, 0.1) is 0 Å². The molecule has 13 heavy (non-hydrogen) atoms. The molecule has 0 aliphatic carbocycles. The fraction of sp³-hybridized carbons (Fsp3) is 0.364. The van der Waals surface area contributed by atoms with Crippen LogP contribution in [0, 0.1) is 12.8 Å². The van der Waals surface area contributed by atoms with Crippen LogP contribution in [0.25, 0.3) is 0 Å². The summed E-state index contributed by atoms with van der Waals surface area (Å²) in [6.07, 6.45) is 0. The summed E-state index contributed by atoms with van der Waals surface area (Å²) in [4.78, 5) is 11.6. The van der Waals surface area contributed by atoms with Gasteiger partial charge in [-0.2, -0.15) is 0 Å². The summed E-state index contributed by atoms with van der Waals surface area (Å²) >= 11 is 3.38. The fourth-order valence-electron chi connectivity index (χ4n) is 1.21. The Morgan fingerprint density at radius 3 is 2.38 bits per heavy atom. The van der Waals surface area contributed by atoms with Gasteiger partial charge >= 0.3 is 0 Å². The van der Waals surface area contributed by atoms with Crippen molar-refractivity contribution in [1.82, 2.24) is 0 Å². The molecule has 0 fully saturated rings. The summed E-state index contributed by atoms with van der Waals surface area (Å²) in [5.74, 6) is 0.262. The number of rotatable bonds is 2. The third-order valence-electron chi connectivity index (χ3n) is 1.85. The molecule has 1 aromatic carbocycles. The van der Waals surface area contributed by atoms with E-state index in [1.165, 1.54) is 0 Å². The third kappa shape index (κ3) is 2.66. The molecular weight excluding hydrogens is 228 g/mol. The summed E-state index contributed by atoms with van der Waals surface area (Å²) in [6, 6.07) is 5.79. The first-order valence-corrected chi connectivity index (χ1v) is 5.11. The van der Waals surface area contributed by atoms with Gasteiger partial charge in [0.25, 0.3) is 0 Å². The molecular formula is C11H13BrO. The molecule has 0 N–H and O–H groups in total. The second-order valence-electron chi connectivity index (χ2n) is 3.54. The number of ketones is 1. The highest BCUT2D eigenvalue weighted by molar-refractivity contribution is 9.10. The Balaban J connectivity index is 3.08. The maximum absolute atomic E-state index is 11.6. The standard InChI is InChI=1S/C11H13BrO/c1-7(2)11(13)9-4-8(3)5-10(12)6-9/h4-7H,1-3H3. The van der Waals surface area contributed by atoms with Gasteiger partial charge in [0.15, 0.2) is 5.78 Å². The lowest BCUT2D eigenvalue weighted by molar-refractivity contribution is 0.0939. The lowest BCUT2D eigenvalue weighted by Crippen LogP contribution is -2.07. The van der Waals surface area contributed by atoms with Crippen molar-refractivity contribution in [2.24, 2.45) is 5.92 Å². The maximum Gasteiger partial charge on any atom is 0.165 e. The molecule has 2 heteroatoms. The maximum atomic E-state index is 11.6. The van der Waals surface area contributed by atoms with Gasteiger partial charge < -0.3 is 0 Å². The minimum absolute atomic E-state index is 0.0636. The van der Waals surface area contributed by atoms with E-state index in [0.717, 1.165) is 15.6 Å². The first-order valence-electron chi connectivity index (χ1n) is 4.32. The highest BCUT2D eigenvalue weighted by Gasteiger charge is 2.10. The predicted octanol–water partition coefficient (Wildman–Crippen LogP) is 3.60. The molecule has 0 atom stereocenters. The average molecular weight is 241 g/mol. The van der Waals surface area contributed by atoms with E-state index in [0.29, 0.717) is 0 Å². The highest BCUT2D eigenvalue weighted by Crippen LogP contribution is 2.17. The molecule has 1 rings (SSSR count). The van der Waals surface area contributed by atoms with Crippen molar-refractivity contribution in [1.29, 1.82) is 0 Å². The Morgan fingerprint density at radius 2 is 1.92 bits per heavy atom. The highest BCUT2D eigenvalue weighted by atomic mass is 79.9. The van der Waals surface area contributed by atoms with E-state index >= 15 is 0 Å². The molecule has 0 aliphatic heterocycles. The molecule has 0 amide bonds. The Kier molecular flexibility index (Phi) is 3.26. The summed E-state index contributed by atoms with van der Waals surface area (Å²) in [5.41, 5.74) is 1.90. The lowest BCUT2D eigenvalue weighted by atomic mass is 10.00. The topological polar surface area (TPSA) is 17.1 Å². The minimum Gasteiger partial charge on any atom is -0.294 e. The molecule has 0 saturated carbocycles. The van der Waals surface area contributed by atoms with Crippen molar-refractivity contribution in [2.45, 2.75) is 20.8 Å². The lowest BCUT2D eigenvalue weighted by Gasteiger charge is -2.05. The average Bonchev–Trinajstić information content (AvgIpc) is 2.01. The van der Waals surface area contributed by atoms with Crippen molar-refractivity contribution >= 4 is 21.7 Å². The SMILES string of the molecule is Cc1cc(Br)cc(C(=O)C(C)C)c1. The molecule has 0 unspecified atom stereocenters. The molecule has 1 aromatic rings. The Bertz CT molecular complexity index is 309. The molecule has 0 heterocycles. The van der Waals surface area contributed by atoms with Crippen LogP contribution in [-0.2, 0) is 0 Å². The zero-order valence-corrected chi connectivity index (χ0v) is 9.68. The van der Waals surface area contributed by atoms with Gasteiger partial charge in [0.2, 0.25) is 0 Å². The van der Waals surface area contributed by atoms with Crippen molar-refractivity contribution in [2.75, 3.05) is 0 Å². The number of halogens is 1. The second kappa shape index (κ2) is 4.05. The molecule has 70 valence electrons. The largest absolute Gasteiger partial charge is 0.294 e. The van der Waals surface area contributed by atoms with Crippen LogP contribution in [0.2, 0.25) is 0 Å². The van der Waals surface area contributed by atoms with Crippen molar-refractivity contribution in [3.8, 4) is 0 Å². The quantitative estimate of drug-likeness (QED) is 0.723. The fourth-order valence-corrected chi connectivity index (χ4v) is 1.82. The van der Waals surface area contributed by atoms with Crippen LogP contribution in [0.1, 0.15) is 29.8 Å². The normalized spacial score (nSPS) is 10.5. The van der Waals surface area contributed by atoms with Gasteiger partial charge in [-0.15, -0.1) is 0 Å². The molecule has 0 spiro atoms. The van der Waals surface area contributed by atoms with Crippen LogP contribution in [0.5, 0.6) is 0 Å². The summed E-state index contributed by atoms with van der Waals surface area (Å²) in [5, 5.41) is 0. The number of hydrogen-bond donors (Lipinski definition) is 0. The van der Waals surface area contributed by atoms with Crippen LogP contribution in [0.15, 0.2) is 22.7 Å². The number of carbonyl (C=O) groups is 1. The number of benzene rings is 1. The van der Waals surface area contributed by atoms with Gasteiger partial charge in [-0.05, 0) is 30.7 Å². The number of aryl methyl sites for hydroxylation is 1. The zero-order valence-electron chi connectivity index (χ0n) is 8.10. The number of Topliss-reactive ketones (excluding diaryl/α,β-unsaturated/α-hetero) is 1. The minimum atomic E-state index is 0.0636. The van der Waals surface area contributed by atoms with E-state index in [-0.39, 0.29) is 11.7 Å². The zero-order chi connectivity index (χ0) is 10.0. The van der Waals surface area contributed by atoms with Gasteiger partial charge in [-0.3, -0.25) is 4.79 Å². The summed E-state index contributed by atoms with van der Waals surface area (Å²) in [6.45, 7) is 5.82. The van der Waals surface area contributed by atoms with Gasteiger partial charge in [0.1, 0.15) is 0 Å². The molecule has 0 radical (unpaired) electrons. The number of hydrogen-bond acceptors (Lipinski definition) is 1. The van der Waals surface area contributed by atoms with E-state index in [1.54, 1.807) is 0 Å². The van der Waals surface area contributed by atoms with Crippen LogP contribution >= 0.6 is 15.9 Å². The Labute approximate surface area is 87.3 Å². The molecule has 0 saturated heterocycles. The predicted molar refractivity (Wildman–Crippen MR) is 58.0 cm³/mol. The summed E-state index contributed by atoms with van der Waals surface area (Å²) < 4.78 is 0.969. The Hall–Kier alpha value is -0.630. The number of carbonyl (C=O) groups excluding carboxylic acids is 1. The van der Waals surface area contributed by atoms with Crippen molar-refractivity contribution < 1.29 is 4.79 Å². The van der Waals surface area contributed by atoms with Gasteiger partial charge in [-0.1, -0.05) is 29.8 Å². The first kappa shape index (κ1) is 10.5. The molecule has 1 nitrogen and oxygen atoms in total. The second-order valence-corrected chi connectivity index (χ2v) is 4.45. The molecule has 0 aromatic heterocycles. The van der Waals surface area contributed by atoms with Crippen LogP contribution in [0.3, 0.4) is 0 Å². The van der Waals surface area contributed by atoms with E-state index in [2.05, 4.69) is 15.9 Å². The van der Waals surface area contributed by atoms with Crippen molar-refractivity contribution in [3.63, 3.8) is 0 Å². The van der Waals surface area contributed by atoms with Crippen molar-refractivity contribution in [3.05, 3.63) is 33.8 Å². The monoisotopic (exact) mass is 240 g/mol. The molecule has 0 aliphatic rings. The van der Waals surface area contributed by atoms with Crippen LogP contribution < -0.4 is 0 Å². The summed E-state index contributed by atoms with van der Waals surface area (Å²) in [7, 11) is 0. The van der Waals surface area contributed by atoms with E-state index in [1.807, 2.05) is 39.0 Å². The smallest absolute Gasteiger partial charge is 0.165 e. The molecule has 0 bridgehead atoms. The van der Waals surface area contributed by atoms with E-state index < -0.39 is 0 Å². The third-order valence-corrected chi connectivity index (χ3v) is 2.31. The van der Waals surface area contributed by atoms with Crippen LogP contribution in [0.4, 0.5) is 0 Å². The Morgan fingerprint density at radius 1 is 1.31 bits per heavy atom. The van der Waals surface area contributed by atoms with E-state index in [4.69, 9.17) is 0 Å². The van der Waals surface area contributed by atoms with Crippen LogP contribution in [-0.4, -0.2) is 5.78 Å².